The van der Waals surface area contributed by atoms with Crippen LogP contribution in [0.1, 0.15) is 12.8 Å². The zero-order chi connectivity index (χ0) is 8.85. The Morgan fingerprint density at radius 3 is 2.00 bits per heavy atom. The van der Waals surface area contributed by atoms with E-state index in [1.54, 1.807) is 0 Å². The van der Waals surface area contributed by atoms with Crippen LogP contribution in [0.3, 0.4) is 0 Å². The molecule has 0 aliphatic carbocycles. The molecule has 0 atom stereocenters. The molecule has 0 aliphatic heterocycles. The maximum atomic E-state index is 10.2. The number of hydrogen-bond donors (Lipinski definition) is 3. The van der Waals surface area contributed by atoms with E-state index in [0.29, 0.717) is 13.0 Å². The fraction of sp³-hybridized carbons (Fsp3) is 0.667. The monoisotopic (exact) mass is 161 g/mol. The second-order valence-electron chi connectivity index (χ2n) is 2.16. The molecule has 0 amide bonds. The van der Waals surface area contributed by atoms with Gasteiger partial charge in [-0.1, -0.05) is 0 Å². The van der Waals surface area contributed by atoms with Crippen LogP contribution in [0.2, 0.25) is 0 Å². The summed E-state index contributed by atoms with van der Waals surface area (Å²) in [7, 11) is 0. The molecule has 0 unspecified atom stereocenters. The van der Waals surface area contributed by atoms with Crippen molar-refractivity contribution in [3.8, 4) is 0 Å². The van der Waals surface area contributed by atoms with Gasteiger partial charge in [0, 0.05) is 0 Å². The summed E-state index contributed by atoms with van der Waals surface area (Å²) in [4.78, 5) is 20.5. The Labute approximate surface area is 63.8 Å². The molecule has 0 saturated heterocycles. The van der Waals surface area contributed by atoms with Crippen molar-refractivity contribution < 1.29 is 19.8 Å². The van der Waals surface area contributed by atoms with Gasteiger partial charge < -0.3 is 15.9 Å². The molecule has 0 aliphatic rings. The lowest BCUT2D eigenvalue weighted by atomic mass is 10.0. The molecule has 0 rings (SSSR count). The molecule has 0 fully saturated rings. The van der Waals surface area contributed by atoms with Crippen molar-refractivity contribution in [1.82, 2.24) is 0 Å². The molecule has 11 heavy (non-hydrogen) atoms. The van der Waals surface area contributed by atoms with Crippen LogP contribution in [-0.2, 0) is 9.59 Å². The van der Waals surface area contributed by atoms with Crippen LogP contribution in [0.5, 0.6) is 0 Å². The number of hydrogen-bond acceptors (Lipinski definition) is 3. The Morgan fingerprint density at radius 1 is 1.27 bits per heavy atom. The van der Waals surface area contributed by atoms with Crippen LogP contribution in [0, 0.1) is 5.92 Å². The van der Waals surface area contributed by atoms with Crippen LogP contribution in [-0.4, -0.2) is 28.7 Å². The Morgan fingerprint density at radius 2 is 1.73 bits per heavy atom. The first-order chi connectivity index (χ1) is 5.09. The summed E-state index contributed by atoms with van der Waals surface area (Å²) in [6, 6.07) is 0. The van der Waals surface area contributed by atoms with Crippen molar-refractivity contribution >= 4 is 11.9 Å². The Hall–Kier alpha value is -1.10. The number of carboxylic acids is 2. The molecule has 0 aromatic carbocycles. The molecule has 5 nitrogen and oxygen atoms in total. The summed E-state index contributed by atoms with van der Waals surface area (Å²) >= 11 is 0. The van der Waals surface area contributed by atoms with E-state index in [-0.39, 0.29) is 6.42 Å². The van der Waals surface area contributed by atoms with Gasteiger partial charge in [0.05, 0.1) is 0 Å². The molecule has 0 aromatic heterocycles. The van der Waals surface area contributed by atoms with Gasteiger partial charge in [-0.05, 0) is 19.4 Å². The first-order valence-corrected chi connectivity index (χ1v) is 3.25. The minimum Gasteiger partial charge on any atom is -0.481 e. The molecule has 0 heterocycles. The Balaban J connectivity index is 3.90. The predicted molar refractivity (Wildman–Crippen MR) is 37.0 cm³/mol. The summed E-state index contributed by atoms with van der Waals surface area (Å²) in [5, 5.41) is 16.7. The van der Waals surface area contributed by atoms with Crippen LogP contribution < -0.4 is 5.73 Å². The van der Waals surface area contributed by atoms with Crippen LogP contribution in [0.25, 0.3) is 0 Å². The lowest BCUT2D eigenvalue weighted by molar-refractivity contribution is -0.154. The van der Waals surface area contributed by atoms with E-state index in [9.17, 15) is 9.59 Å². The highest BCUT2D eigenvalue weighted by Crippen LogP contribution is 2.05. The van der Waals surface area contributed by atoms with E-state index in [1.807, 2.05) is 0 Å². The third kappa shape index (κ3) is 3.57. The second kappa shape index (κ2) is 4.68. The highest BCUT2D eigenvalue weighted by molar-refractivity contribution is 5.92. The van der Waals surface area contributed by atoms with Crippen molar-refractivity contribution in [2.45, 2.75) is 12.8 Å². The summed E-state index contributed by atoms with van der Waals surface area (Å²) < 4.78 is 0. The van der Waals surface area contributed by atoms with E-state index in [0.717, 1.165) is 0 Å². The number of rotatable bonds is 5. The third-order valence-electron chi connectivity index (χ3n) is 1.29. The average molecular weight is 161 g/mol. The van der Waals surface area contributed by atoms with Gasteiger partial charge >= 0.3 is 11.9 Å². The van der Waals surface area contributed by atoms with Crippen molar-refractivity contribution in [3.05, 3.63) is 0 Å². The van der Waals surface area contributed by atoms with Crippen LogP contribution in [0.4, 0.5) is 0 Å². The minimum atomic E-state index is -1.31. The maximum absolute atomic E-state index is 10.2. The highest BCUT2D eigenvalue weighted by Gasteiger charge is 2.24. The fourth-order valence-corrected chi connectivity index (χ4v) is 0.675. The topological polar surface area (TPSA) is 101 Å². The van der Waals surface area contributed by atoms with Gasteiger partial charge in [-0.2, -0.15) is 0 Å². The summed E-state index contributed by atoms with van der Waals surface area (Å²) in [5.74, 6) is -3.91. The SMILES string of the molecule is NCCCC(C(=O)O)C(=O)O. The van der Waals surface area contributed by atoms with Gasteiger partial charge in [0.25, 0.3) is 0 Å². The molecule has 0 bridgehead atoms. The zero-order valence-corrected chi connectivity index (χ0v) is 5.99. The predicted octanol–water partition coefficient (Wildman–Crippen LogP) is -0.489. The third-order valence-corrected chi connectivity index (χ3v) is 1.29. The standard InChI is InChI=1S/C6H11NO4/c7-3-1-2-4(5(8)9)6(10)11/h4H,1-3,7H2,(H,8,9)(H,10,11). The number of aliphatic carboxylic acids is 2. The van der Waals surface area contributed by atoms with Crippen molar-refractivity contribution in [2.24, 2.45) is 11.7 Å². The number of carboxylic acid groups (broad SMARTS) is 2. The molecule has 4 N–H and O–H groups in total. The van der Waals surface area contributed by atoms with Gasteiger partial charge in [-0.15, -0.1) is 0 Å². The Bertz CT molecular complexity index is 143. The van der Waals surface area contributed by atoms with Crippen molar-refractivity contribution in [2.75, 3.05) is 6.54 Å². The minimum absolute atomic E-state index is 0.0984. The van der Waals surface area contributed by atoms with E-state index in [4.69, 9.17) is 15.9 Å². The largest absolute Gasteiger partial charge is 0.481 e. The lowest BCUT2D eigenvalue weighted by Gasteiger charge is -2.04. The first kappa shape index (κ1) is 9.90. The first-order valence-electron chi connectivity index (χ1n) is 3.25. The number of nitrogens with two attached hydrogens (primary N) is 1. The van der Waals surface area contributed by atoms with E-state index < -0.39 is 17.9 Å². The summed E-state index contributed by atoms with van der Waals surface area (Å²) in [6.07, 6.45) is 0.518. The van der Waals surface area contributed by atoms with Gasteiger partial charge in [-0.25, -0.2) is 0 Å². The quantitative estimate of drug-likeness (QED) is 0.472. The molecule has 0 spiro atoms. The van der Waals surface area contributed by atoms with E-state index >= 15 is 0 Å². The van der Waals surface area contributed by atoms with Crippen LogP contribution >= 0.6 is 0 Å². The van der Waals surface area contributed by atoms with E-state index in [1.165, 1.54) is 0 Å². The smallest absolute Gasteiger partial charge is 0.317 e. The van der Waals surface area contributed by atoms with E-state index in [2.05, 4.69) is 0 Å². The lowest BCUT2D eigenvalue weighted by Crippen LogP contribution is -2.24. The molecular formula is C6H11NO4. The molecular weight excluding hydrogens is 150 g/mol. The van der Waals surface area contributed by atoms with Gasteiger partial charge in [-0.3, -0.25) is 9.59 Å². The Kier molecular flexibility index (Phi) is 4.21. The van der Waals surface area contributed by atoms with Crippen molar-refractivity contribution in [1.29, 1.82) is 0 Å². The second-order valence-corrected chi connectivity index (χ2v) is 2.16. The summed E-state index contributed by atoms with van der Waals surface area (Å²) in [5.41, 5.74) is 5.09. The molecule has 0 aromatic rings. The highest BCUT2D eigenvalue weighted by atomic mass is 16.4. The molecule has 5 heteroatoms. The van der Waals surface area contributed by atoms with Crippen molar-refractivity contribution in [3.63, 3.8) is 0 Å². The summed E-state index contributed by atoms with van der Waals surface area (Å²) in [6.45, 7) is 0.317. The zero-order valence-electron chi connectivity index (χ0n) is 5.99. The molecule has 0 radical (unpaired) electrons. The number of carbonyl (C=O) groups is 2. The van der Waals surface area contributed by atoms with Crippen LogP contribution in [0.15, 0.2) is 0 Å². The normalized spacial score (nSPS) is 10.0. The fourth-order valence-electron chi connectivity index (χ4n) is 0.675. The average Bonchev–Trinajstić information content (AvgIpc) is 1.87. The van der Waals surface area contributed by atoms with Gasteiger partial charge in [0.2, 0.25) is 0 Å². The maximum Gasteiger partial charge on any atom is 0.317 e. The molecule has 64 valence electrons. The molecule has 0 saturated carbocycles. The van der Waals surface area contributed by atoms with Gasteiger partial charge in [0.15, 0.2) is 5.92 Å². The van der Waals surface area contributed by atoms with Gasteiger partial charge in [0.1, 0.15) is 0 Å².